The van der Waals surface area contributed by atoms with Gasteiger partial charge in [0.1, 0.15) is 11.4 Å². The molecule has 6 nitrogen and oxygen atoms in total. The number of H-pyrrole nitrogens is 1. The van der Waals surface area contributed by atoms with Crippen LogP contribution in [0.3, 0.4) is 0 Å². The molecule has 0 saturated heterocycles. The van der Waals surface area contributed by atoms with Crippen LogP contribution in [0.1, 0.15) is 16.7 Å². The van der Waals surface area contributed by atoms with E-state index in [-0.39, 0.29) is 0 Å². The highest BCUT2D eigenvalue weighted by Crippen LogP contribution is 2.34. The largest absolute Gasteiger partial charge is 0.438 e. The minimum absolute atomic E-state index is 0.388. The number of benzene rings is 2. The van der Waals surface area contributed by atoms with Crippen molar-refractivity contribution < 1.29 is 4.74 Å². The second kappa shape index (κ2) is 7.22. The van der Waals surface area contributed by atoms with E-state index in [0.29, 0.717) is 28.1 Å². The van der Waals surface area contributed by atoms with Gasteiger partial charge in [-0.2, -0.15) is 15.2 Å². The molecular formula is C21H16ClN5O. The van der Waals surface area contributed by atoms with Crippen LogP contribution in [-0.2, 0) is 0 Å². The van der Waals surface area contributed by atoms with E-state index in [1.54, 1.807) is 30.5 Å². The van der Waals surface area contributed by atoms with E-state index in [2.05, 4.69) is 26.3 Å². The summed E-state index contributed by atoms with van der Waals surface area (Å²) >= 11 is 6.12. The Morgan fingerprint density at radius 3 is 2.46 bits per heavy atom. The molecule has 4 rings (SSSR count). The van der Waals surface area contributed by atoms with Gasteiger partial charge in [0.2, 0.25) is 11.8 Å². The number of nitrogens with zero attached hydrogens (tertiary/aromatic N) is 3. The van der Waals surface area contributed by atoms with Gasteiger partial charge in [-0.25, -0.2) is 0 Å². The molecule has 0 aliphatic carbocycles. The highest BCUT2D eigenvalue weighted by Gasteiger charge is 2.14. The molecule has 0 radical (unpaired) electrons. The van der Waals surface area contributed by atoms with Gasteiger partial charge in [-0.3, -0.25) is 0 Å². The van der Waals surface area contributed by atoms with Gasteiger partial charge in [0.25, 0.3) is 0 Å². The lowest BCUT2D eigenvalue weighted by atomic mass is 10.1. The number of nitrogens with one attached hydrogen (secondary N) is 2. The number of halogens is 1. The van der Waals surface area contributed by atoms with Crippen molar-refractivity contribution in [2.45, 2.75) is 13.8 Å². The van der Waals surface area contributed by atoms with Crippen LogP contribution >= 0.6 is 11.6 Å². The van der Waals surface area contributed by atoms with Crippen molar-refractivity contribution in [2.75, 3.05) is 5.32 Å². The first-order valence-corrected chi connectivity index (χ1v) is 8.98. The highest BCUT2D eigenvalue weighted by atomic mass is 35.5. The molecule has 138 valence electrons. The summed E-state index contributed by atoms with van der Waals surface area (Å²) in [6.45, 7) is 3.89. The topological polar surface area (TPSA) is 86.6 Å². The Hall–Kier alpha value is -3.56. The minimum Gasteiger partial charge on any atom is -0.438 e. The molecule has 2 heterocycles. The zero-order valence-electron chi connectivity index (χ0n) is 15.2. The second-order valence-corrected chi connectivity index (χ2v) is 6.81. The van der Waals surface area contributed by atoms with E-state index in [0.717, 1.165) is 28.0 Å². The first-order chi connectivity index (χ1) is 13.5. The van der Waals surface area contributed by atoms with E-state index >= 15 is 0 Å². The maximum absolute atomic E-state index is 8.93. The molecular weight excluding hydrogens is 374 g/mol. The Balaban J connectivity index is 1.72. The molecule has 7 heteroatoms. The summed E-state index contributed by atoms with van der Waals surface area (Å²) < 4.78 is 6.17. The van der Waals surface area contributed by atoms with Crippen molar-refractivity contribution >= 4 is 34.3 Å². The number of rotatable bonds is 4. The van der Waals surface area contributed by atoms with Crippen molar-refractivity contribution in [3.05, 3.63) is 70.4 Å². The first kappa shape index (κ1) is 17.8. The maximum Gasteiger partial charge on any atom is 0.233 e. The lowest BCUT2D eigenvalue weighted by molar-refractivity contribution is 0.462. The summed E-state index contributed by atoms with van der Waals surface area (Å²) in [5, 5.41) is 13.5. The van der Waals surface area contributed by atoms with E-state index in [1.165, 1.54) is 0 Å². The fourth-order valence-electron chi connectivity index (χ4n) is 2.96. The molecule has 0 atom stereocenters. The van der Waals surface area contributed by atoms with Crippen molar-refractivity contribution in [1.29, 1.82) is 5.26 Å². The molecule has 0 saturated carbocycles. The van der Waals surface area contributed by atoms with Crippen LogP contribution < -0.4 is 10.1 Å². The van der Waals surface area contributed by atoms with Crippen LogP contribution in [0.4, 0.5) is 11.6 Å². The first-order valence-electron chi connectivity index (χ1n) is 8.60. The van der Waals surface area contributed by atoms with Gasteiger partial charge in [0.15, 0.2) is 0 Å². The number of aryl methyl sites for hydroxylation is 2. The second-order valence-electron chi connectivity index (χ2n) is 6.38. The van der Waals surface area contributed by atoms with Gasteiger partial charge < -0.3 is 15.0 Å². The van der Waals surface area contributed by atoms with Crippen molar-refractivity contribution in [1.82, 2.24) is 15.0 Å². The number of aromatic amines is 1. The summed E-state index contributed by atoms with van der Waals surface area (Å²) in [7, 11) is 0. The minimum atomic E-state index is 0.388. The van der Waals surface area contributed by atoms with Crippen LogP contribution in [0, 0.1) is 25.2 Å². The van der Waals surface area contributed by atoms with Gasteiger partial charge >= 0.3 is 0 Å². The molecule has 0 unspecified atom stereocenters. The smallest absolute Gasteiger partial charge is 0.233 e. The van der Waals surface area contributed by atoms with Crippen LogP contribution in [0.25, 0.3) is 11.0 Å². The summed E-state index contributed by atoms with van der Waals surface area (Å²) in [6, 6.07) is 14.7. The Labute approximate surface area is 166 Å². The average Bonchev–Trinajstić information content (AvgIpc) is 3.14. The molecule has 2 N–H and O–H groups in total. The Morgan fingerprint density at radius 1 is 1.07 bits per heavy atom. The summed E-state index contributed by atoms with van der Waals surface area (Å²) in [6.07, 6.45) is 1.79. The van der Waals surface area contributed by atoms with Crippen LogP contribution in [0.2, 0.25) is 5.02 Å². The van der Waals surface area contributed by atoms with Crippen molar-refractivity contribution in [3.8, 4) is 17.7 Å². The Bertz CT molecular complexity index is 1180. The Kier molecular flexibility index (Phi) is 4.60. The molecule has 0 bridgehead atoms. The molecule has 2 aromatic heterocycles. The lowest BCUT2D eigenvalue weighted by Gasteiger charge is -2.13. The predicted octanol–water partition coefficient (Wildman–Crippen LogP) is 5.64. The number of fused-ring (bicyclic) bond motifs is 1. The normalized spacial score (nSPS) is 10.6. The van der Waals surface area contributed by atoms with Gasteiger partial charge in [-0.1, -0.05) is 11.6 Å². The quantitative estimate of drug-likeness (QED) is 0.472. The molecule has 28 heavy (non-hydrogen) atoms. The van der Waals surface area contributed by atoms with E-state index in [4.69, 9.17) is 21.6 Å². The third kappa shape index (κ3) is 3.48. The Morgan fingerprint density at radius 2 is 1.79 bits per heavy atom. The van der Waals surface area contributed by atoms with Crippen LogP contribution in [-0.4, -0.2) is 15.0 Å². The number of anilines is 2. The SMILES string of the molecule is Cc1cc(Cl)cc(C)c1Oc1nc(Nc2ccc(C#N)cc2)nc2[nH]ccc12. The molecule has 0 amide bonds. The number of nitriles is 1. The van der Waals surface area contributed by atoms with Crippen molar-refractivity contribution in [3.63, 3.8) is 0 Å². The third-order valence-electron chi connectivity index (χ3n) is 4.27. The molecule has 0 spiro atoms. The van der Waals surface area contributed by atoms with Gasteiger partial charge in [0.05, 0.1) is 17.0 Å². The molecule has 0 fully saturated rings. The van der Waals surface area contributed by atoms with Crippen molar-refractivity contribution in [2.24, 2.45) is 0 Å². The predicted molar refractivity (Wildman–Crippen MR) is 109 cm³/mol. The van der Waals surface area contributed by atoms with Gasteiger partial charge in [-0.15, -0.1) is 0 Å². The number of aromatic nitrogens is 3. The number of hydrogen-bond donors (Lipinski definition) is 2. The number of hydrogen-bond acceptors (Lipinski definition) is 5. The maximum atomic E-state index is 8.93. The fourth-order valence-corrected chi connectivity index (χ4v) is 3.29. The third-order valence-corrected chi connectivity index (χ3v) is 4.49. The van der Waals surface area contributed by atoms with E-state index in [9.17, 15) is 0 Å². The standard InChI is InChI=1S/C21H16ClN5O/c1-12-9-15(22)10-13(2)18(12)28-20-17-7-8-24-19(17)26-21(27-20)25-16-5-3-14(11-23)4-6-16/h3-10H,1-2H3,(H2,24,25,26,27). The van der Waals surface area contributed by atoms with Gasteiger partial charge in [-0.05, 0) is 67.4 Å². The van der Waals surface area contributed by atoms with E-state index < -0.39 is 0 Å². The van der Waals surface area contributed by atoms with Crippen LogP contribution in [0.5, 0.6) is 11.6 Å². The molecule has 0 aliphatic heterocycles. The zero-order chi connectivity index (χ0) is 19.7. The summed E-state index contributed by atoms with van der Waals surface area (Å²) in [5.41, 5.74) is 3.87. The lowest BCUT2D eigenvalue weighted by Crippen LogP contribution is -2.01. The van der Waals surface area contributed by atoms with E-state index in [1.807, 2.05) is 32.0 Å². The summed E-state index contributed by atoms with van der Waals surface area (Å²) in [4.78, 5) is 12.1. The average molecular weight is 390 g/mol. The zero-order valence-corrected chi connectivity index (χ0v) is 16.0. The fraction of sp³-hybridized carbons (Fsp3) is 0.0952. The summed E-state index contributed by atoms with van der Waals surface area (Å²) in [5.74, 6) is 1.55. The molecule has 2 aromatic carbocycles. The van der Waals surface area contributed by atoms with Gasteiger partial charge in [0, 0.05) is 16.9 Å². The van der Waals surface area contributed by atoms with Crippen LogP contribution in [0.15, 0.2) is 48.7 Å². The number of ether oxygens (including phenoxy) is 1. The molecule has 0 aliphatic rings. The highest BCUT2D eigenvalue weighted by molar-refractivity contribution is 6.30. The monoisotopic (exact) mass is 389 g/mol. The molecule has 4 aromatic rings.